The van der Waals surface area contributed by atoms with Crippen LogP contribution in [0.25, 0.3) is 0 Å². The van der Waals surface area contributed by atoms with Crippen molar-refractivity contribution in [1.82, 2.24) is 5.32 Å². The van der Waals surface area contributed by atoms with Crippen LogP contribution in [-0.4, -0.2) is 48.2 Å². The highest BCUT2D eigenvalue weighted by molar-refractivity contribution is 7.54. The summed E-state index contributed by atoms with van der Waals surface area (Å²) in [6, 6.07) is -1.43. The molecule has 0 saturated heterocycles. The molecule has 8 nitrogen and oxygen atoms in total. The van der Waals surface area contributed by atoms with Crippen LogP contribution in [0.3, 0.4) is 0 Å². The van der Waals surface area contributed by atoms with Crippen LogP contribution < -0.4 is 5.32 Å². The Balaban J connectivity index is 4.87. The fraction of sp³-hybridized carbons (Fsp3) is 0.833. The zero-order chi connectivity index (χ0) is 16.7. The Hall–Kier alpha value is -1.11. The minimum Gasteiger partial charge on any atom is -0.480 e. The van der Waals surface area contributed by atoms with E-state index in [-0.39, 0.29) is 13.2 Å². The molecule has 0 radical (unpaired) electrons. The van der Waals surface area contributed by atoms with E-state index < -0.39 is 37.5 Å². The molecule has 21 heavy (non-hydrogen) atoms. The number of carbonyl (C=O) groups excluding carboxylic acids is 1. The highest BCUT2D eigenvalue weighted by Gasteiger charge is 2.34. The van der Waals surface area contributed by atoms with Gasteiger partial charge in [-0.3, -0.25) is 4.57 Å². The number of ether oxygens (including phenoxy) is 1. The molecule has 0 rings (SSSR count). The smallest absolute Gasteiger partial charge is 0.408 e. The molecule has 0 aromatic carbocycles. The maximum absolute atomic E-state index is 12.3. The number of alkyl carbamates (subject to hydrolysis) is 1. The van der Waals surface area contributed by atoms with E-state index in [0.717, 1.165) is 0 Å². The van der Waals surface area contributed by atoms with E-state index in [1.54, 1.807) is 34.6 Å². The van der Waals surface area contributed by atoms with Crippen LogP contribution in [0.15, 0.2) is 0 Å². The van der Waals surface area contributed by atoms with Gasteiger partial charge in [-0.2, -0.15) is 0 Å². The maximum atomic E-state index is 12.3. The fourth-order valence-corrected chi connectivity index (χ4v) is 3.16. The summed E-state index contributed by atoms with van der Waals surface area (Å²) in [4.78, 5) is 22.8. The normalized spacial score (nSPS) is 13.6. The quantitative estimate of drug-likeness (QED) is 0.658. The van der Waals surface area contributed by atoms with Crippen molar-refractivity contribution in [2.45, 2.75) is 46.3 Å². The Labute approximate surface area is 124 Å². The van der Waals surface area contributed by atoms with E-state index in [1.807, 2.05) is 0 Å². The first-order chi connectivity index (χ1) is 9.53. The third kappa shape index (κ3) is 8.70. The number of hydrogen-bond donors (Lipinski definition) is 2. The van der Waals surface area contributed by atoms with Crippen molar-refractivity contribution in [3.63, 3.8) is 0 Å². The molecule has 0 aliphatic heterocycles. The van der Waals surface area contributed by atoms with E-state index in [1.165, 1.54) is 0 Å². The first-order valence-electron chi connectivity index (χ1n) is 6.63. The predicted molar refractivity (Wildman–Crippen MR) is 76.5 cm³/mol. The van der Waals surface area contributed by atoms with Gasteiger partial charge in [-0.05, 0) is 34.6 Å². The van der Waals surface area contributed by atoms with Gasteiger partial charge < -0.3 is 24.2 Å². The molecular weight excluding hydrogens is 301 g/mol. The van der Waals surface area contributed by atoms with Gasteiger partial charge in [-0.1, -0.05) is 0 Å². The molecule has 0 bridgehead atoms. The number of nitrogens with one attached hydrogen (secondary N) is 1. The van der Waals surface area contributed by atoms with Gasteiger partial charge in [-0.25, -0.2) is 9.59 Å². The second-order valence-electron chi connectivity index (χ2n) is 5.17. The van der Waals surface area contributed by atoms with Crippen molar-refractivity contribution >= 4 is 19.7 Å². The van der Waals surface area contributed by atoms with Crippen LogP contribution in [0.5, 0.6) is 0 Å². The molecule has 0 spiro atoms. The van der Waals surface area contributed by atoms with Gasteiger partial charge in [0.1, 0.15) is 11.6 Å². The topological polar surface area (TPSA) is 111 Å². The molecule has 1 unspecified atom stereocenters. The number of amides is 1. The van der Waals surface area contributed by atoms with E-state index in [2.05, 4.69) is 5.32 Å². The summed E-state index contributed by atoms with van der Waals surface area (Å²) in [6.07, 6.45) is -1.38. The molecule has 1 amide bonds. The molecule has 1 atom stereocenters. The first-order valence-corrected chi connectivity index (χ1v) is 8.36. The molecule has 0 saturated carbocycles. The number of carboxylic acid groups (broad SMARTS) is 1. The fourth-order valence-electron chi connectivity index (χ4n) is 1.39. The SMILES string of the molecule is CCOP(=O)(CC(NC(=O)OC(C)(C)C)C(=O)O)OCC. The Bertz CT molecular complexity index is 395. The predicted octanol–water partition coefficient (Wildman–Crippen LogP) is 2.23. The molecule has 9 heteroatoms. The average Bonchev–Trinajstić information content (AvgIpc) is 2.25. The van der Waals surface area contributed by atoms with Crippen LogP contribution in [0, 0.1) is 0 Å². The summed E-state index contributed by atoms with van der Waals surface area (Å²) < 4.78 is 27.3. The molecule has 124 valence electrons. The number of rotatable bonds is 8. The lowest BCUT2D eigenvalue weighted by Crippen LogP contribution is -2.45. The van der Waals surface area contributed by atoms with Gasteiger partial charge >= 0.3 is 19.7 Å². The largest absolute Gasteiger partial charge is 0.480 e. The summed E-state index contributed by atoms with van der Waals surface area (Å²) in [5.74, 6) is -1.35. The third-order valence-electron chi connectivity index (χ3n) is 2.05. The molecule has 0 fully saturated rings. The Morgan fingerprint density at radius 1 is 1.19 bits per heavy atom. The second-order valence-corrected chi connectivity index (χ2v) is 7.27. The molecule has 0 aromatic rings. The van der Waals surface area contributed by atoms with E-state index in [4.69, 9.17) is 18.9 Å². The molecule has 0 heterocycles. The van der Waals surface area contributed by atoms with Gasteiger partial charge in [0.2, 0.25) is 0 Å². The monoisotopic (exact) mass is 325 g/mol. The number of hydrogen-bond acceptors (Lipinski definition) is 6. The third-order valence-corrected chi connectivity index (χ3v) is 4.16. The van der Waals surface area contributed by atoms with Gasteiger partial charge in [0.05, 0.1) is 19.4 Å². The van der Waals surface area contributed by atoms with Crippen LogP contribution in [0.2, 0.25) is 0 Å². The van der Waals surface area contributed by atoms with E-state index in [0.29, 0.717) is 0 Å². The number of aliphatic carboxylic acids is 1. The zero-order valence-electron chi connectivity index (χ0n) is 13.0. The minimum atomic E-state index is -3.59. The van der Waals surface area contributed by atoms with Crippen molar-refractivity contribution in [3.8, 4) is 0 Å². The number of carbonyl (C=O) groups is 2. The van der Waals surface area contributed by atoms with E-state index in [9.17, 15) is 14.2 Å². The summed E-state index contributed by atoms with van der Waals surface area (Å²) in [5.41, 5.74) is -0.767. The zero-order valence-corrected chi connectivity index (χ0v) is 13.9. The highest BCUT2D eigenvalue weighted by atomic mass is 31.2. The summed E-state index contributed by atoms with van der Waals surface area (Å²) in [6.45, 7) is 8.38. The highest BCUT2D eigenvalue weighted by Crippen LogP contribution is 2.48. The second kappa shape index (κ2) is 8.36. The van der Waals surface area contributed by atoms with Gasteiger partial charge in [0.25, 0.3) is 0 Å². The molecule has 2 N–H and O–H groups in total. The van der Waals surface area contributed by atoms with E-state index >= 15 is 0 Å². The summed E-state index contributed by atoms with van der Waals surface area (Å²) >= 11 is 0. The van der Waals surface area contributed by atoms with Crippen LogP contribution in [-0.2, 0) is 23.1 Å². The lowest BCUT2D eigenvalue weighted by molar-refractivity contribution is -0.139. The summed E-state index contributed by atoms with van der Waals surface area (Å²) in [5, 5.41) is 11.3. The molecular formula is C12H24NO7P. The van der Waals surface area contributed by atoms with Gasteiger partial charge in [0.15, 0.2) is 0 Å². The van der Waals surface area contributed by atoms with Crippen molar-refractivity contribution in [2.75, 3.05) is 19.4 Å². The Kier molecular flexibility index (Phi) is 7.92. The lowest BCUT2D eigenvalue weighted by Gasteiger charge is -2.24. The van der Waals surface area contributed by atoms with Crippen molar-refractivity contribution in [2.24, 2.45) is 0 Å². The minimum absolute atomic E-state index is 0.107. The van der Waals surface area contributed by atoms with Gasteiger partial charge in [0, 0.05) is 0 Å². The van der Waals surface area contributed by atoms with Crippen LogP contribution in [0.1, 0.15) is 34.6 Å². The van der Waals surface area contributed by atoms with Gasteiger partial charge in [-0.15, -0.1) is 0 Å². The Morgan fingerprint density at radius 2 is 1.67 bits per heavy atom. The number of carboxylic acids is 1. The van der Waals surface area contributed by atoms with Crippen LogP contribution >= 0.6 is 7.60 Å². The standard InChI is InChI=1S/C12H24NO7P/c1-6-18-21(17,19-7-2)8-9(10(14)15)13-11(16)20-12(3,4)5/h9H,6-8H2,1-5H3,(H,13,16)(H,14,15). The Morgan fingerprint density at radius 3 is 2.00 bits per heavy atom. The summed E-state index contributed by atoms with van der Waals surface area (Å²) in [7, 11) is -3.59. The molecule has 0 aliphatic carbocycles. The molecule has 0 aromatic heterocycles. The maximum Gasteiger partial charge on any atom is 0.408 e. The molecule has 0 aliphatic rings. The van der Waals surface area contributed by atoms with Crippen molar-refractivity contribution < 1.29 is 33.0 Å². The van der Waals surface area contributed by atoms with Crippen molar-refractivity contribution in [3.05, 3.63) is 0 Å². The van der Waals surface area contributed by atoms with Crippen LogP contribution in [0.4, 0.5) is 4.79 Å². The first kappa shape index (κ1) is 19.9. The average molecular weight is 325 g/mol. The lowest BCUT2D eigenvalue weighted by atomic mass is 10.2. The van der Waals surface area contributed by atoms with Crippen molar-refractivity contribution in [1.29, 1.82) is 0 Å².